The van der Waals surface area contributed by atoms with Crippen LogP contribution in [0, 0.1) is 0 Å². The first-order chi connectivity index (χ1) is 11.6. The Kier molecular flexibility index (Phi) is 5.08. The van der Waals surface area contributed by atoms with Crippen LogP contribution in [0.1, 0.15) is 6.42 Å². The Bertz CT molecular complexity index is 741. The molecule has 4 N–H and O–H groups in total. The fraction of sp³-hybridized carbons (Fsp3) is 0.333. The minimum Gasteiger partial charge on any atom is -0.544 e. The Morgan fingerprint density at radius 2 is 1.83 bits per heavy atom. The summed E-state index contributed by atoms with van der Waals surface area (Å²) in [5, 5.41) is 18.5. The van der Waals surface area contributed by atoms with Crippen molar-refractivity contribution in [3.05, 3.63) is 42.5 Å². The number of nitrogens with one attached hydrogen (secondary N) is 2. The smallest absolute Gasteiger partial charge is 0.230 e. The van der Waals surface area contributed by atoms with Crippen molar-refractivity contribution >= 4 is 28.3 Å². The third-order valence-corrected chi connectivity index (χ3v) is 4.54. The number of anilines is 1. The number of hydrogen-bond acceptors (Lipinski definition) is 3. The monoisotopic (exact) mass is 328 g/mol. The number of aliphatic carboxylic acids is 1. The lowest BCUT2D eigenvalue weighted by Crippen LogP contribution is -3.24. The van der Waals surface area contributed by atoms with E-state index in [1.165, 1.54) is 0 Å². The third-order valence-electron chi connectivity index (χ3n) is 4.54. The van der Waals surface area contributed by atoms with E-state index in [-0.39, 0.29) is 12.3 Å². The number of carboxylic acids is 1. The Morgan fingerprint density at radius 1 is 1.12 bits per heavy atom. The number of hydrogen-bond donors (Lipinski definition) is 3. The van der Waals surface area contributed by atoms with Crippen molar-refractivity contribution in [1.82, 2.24) is 0 Å². The standard InChI is InChI=1S/C18H21N3O3/c22-17(12-16(18(23)24)21-9-7-19-8-10-21)20-15-6-5-13-3-1-2-4-14(13)11-15/h1-6,11,16,19H,7-10,12H2,(H,20,22)(H,23,24)/p+1/t16-/m1/s1. The number of carbonyl (C=O) groups is 2. The van der Waals surface area contributed by atoms with Crippen LogP contribution in [0.4, 0.5) is 5.69 Å². The molecule has 0 bridgehead atoms. The summed E-state index contributed by atoms with van der Waals surface area (Å²) in [6.07, 6.45) is -0.0650. The first-order valence-electron chi connectivity index (χ1n) is 8.29. The molecule has 0 spiro atoms. The fourth-order valence-electron chi connectivity index (χ4n) is 3.25. The lowest BCUT2D eigenvalue weighted by atomic mass is 10.1. The summed E-state index contributed by atoms with van der Waals surface area (Å²) < 4.78 is 0. The first kappa shape index (κ1) is 16.4. The Hall–Kier alpha value is -2.44. The highest BCUT2D eigenvalue weighted by Gasteiger charge is 2.29. The second kappa shape index (κ2) is 7.42. The SMILES string of the molecule is O=C(C[C@H](C(=O)[O-])[NH+]1CC[NH2+]CC1)Nc1ccc2ccccc2c1. The lowest BCUT2D eigenvalue weighted by molar-refractivity contribution is -0.961. The van der Waals surface area contributed by atoms with Crippen LogP contribution < -0.4 is 20.6 Å². The summed E-state index contributed by atoms with van der Waals surface area (Å²) in [5.74, 6) is -1.44. The van der Waals surface area contributed by atoms with E-state index >= 15 is 0 Å². The maximum atomic E-state index is 12.3. The van der Waals surface area contributed by atoms with Gasteiger partial charge in [0, 0.05) is 5.69 Å². The van der Waals surface area contributed by atoms with Crippen LogP contribution in [0.25, 0.3) is 10.8 Å². The van der Waals surface area contributed by atoms with Crippen molar-refractivity contribution in [3.63, 3.8) is 0 Å². The predicted molar refractivity (Wildman–Crippen MR) is 88.3 cm³/mol. The van der Waals surface area contributed by atoms with E-state index in [9.17, 15) is 14.7 Å². The zero-order chi connectivity index (χ0) is 16.9. The number of benzene rings is 2. The van der Waals surface area contributed by atoms with Gasteiger partial charge in [-0.25, -0.2) is 0 Å². The molecule has 2 aromatic rings. The minimum absolute atomic E-state index is 0.0650. The molecular weight excluding hydrogens is 306 g/mol. The maximum Gasteiger partial charge on any atom is 0.230 e. The van der Waals surface area contributed by atoms with E-state index in [4.69, 9.17) is 0 Å². The van der Waals surface area contributed by atoms with E-state index in [1.807, 2.05) is 42.5 Å². The molecule has 0 saturated carbocycles. The number of rotatable bonds is 5. The molecule has 1 heterocycles. The summed E-state index contributed by atoms with van der Waals surface area (Å²) in [7, 11) is 0. The van der Waals surface area contributed by atoms with Gasteiger partial charge in [-0.2, -0.15) is 0 Å². The number of fused-ring (bicyclic) bond motifs is 1. The number of nitrogens with two attached hydrogens (primary N) is 1. The van der Waals surface area contributed by atoms with Crippen LogP contribution in [0.5, 0.6) is 0 Å². The van der Waals surface area contributed by atoms with Crippen LogP contribution in [0.15, 0.2) is 42.5 Å². The normalized spacial score (nSPS) is 16.7. The summed E-state index contributed by atoms with van der Waals surface area (Å²) in [5.41, 5.74) is 0.678. The van der Waals surface area contributed by atoms with E-state index in [1.54, 1.807) is 0 Å². The molecule has 1 fully saturated rings. The van der Waals surface area contributed by atoms with E-state index in [2.05, 4.69) is 10.6 Å². The zero-order valence-corrected chi connectivity index (χ0v) is 13.5. The van der Waals surface area contributed by atoms with Gasteiger partial charge < -0.3 is 25.4 Å². The average Bonchev–Trinajstić information content (AvgIpc) is 2.60. The van der Waals surface area contributed by atoms with Gasteiger partial charge in [0.15, 0.2) is 0 Å². The molecule has 0 radical (unpaired) electrons. The largest absolute Gasteiger partial charge is 0.544 e. The summed E-state index contributed by atoms with van der Waals surface area (Å²) in [6, 6.07) is 12.8. The van der Waals surface area contributed by atoms with Crippen molar-refractivity contribution in [2.75, 3.05) is 31.5 Å². The number of carboxylic acid groups (broad SMARTS) is 1. The number of amides is 1. The predicted octanol–water partition coefficient (Wildman–Crippen LogP) is -2.25. The minimum atomic E-state index is -1.15. The molecule has 1 saturated heterocycles. The molecule has 0 aliphatic carbocycles. The molecule has 6 nitrogen and oxygen atoms in total. The molecule has 1 aliphatic rings. The third kappa shape index (κ3) is 3.90. The van der Waals surface area contributed by atoms with Crippen LogP contribution in [0.3, 0.4) is 0 Å². The molecule has 126 valence electrons. The second-order valence-corrected chi connectivity index (χ2v) is 6.21. The van der Waals surface area contributed by atoms with E-state index < -0.39 is 12.0 Å². The molecule has 6 heteroatoms. The fourth-order valence-corrected chi connectivity index (χ4v) is 3.25. The number of quaternary nitrogens is 2. The van der Waals surface area contributed by atoms with Crippen LogP contribution >= 0.6 is 0 Å². The van der Waals surface area contributed by atoms with Crippen LogP contribution in [-0.4, -0.2) is 44.1 Å². The van der Waals surface area contributed by atoms with Crippen LogP contribution in [-0.2, 0) is 9.59 Å². The highest BCUT2D eigenvalue weighted by atomic mass is 16.4. The van der Waals surface area contributed by atoms with Gasteiger partial charge in [-0.3, -0.25) is 4.79 Å². The summed E-state index contributed by atoms with van der Waals surface area (Å²) >= 11 is 0. The van der Waals surface area contributed by atoms with Crippen molar-refractivity contribution in [3.8, 4) is 0 Å². The van der Waals surface area contributed by atoms with E-state index in [0.717, 1.165) is 41.9 Å². The van der Waals surface area contributed by atoms with Gasteiger partial charge in [-0.15, -0.1) is 0 Å². The van der Waals surface area contributed by atoms with Crippen molar-refractivity contribution < 1.29 is 24.9 Å². The molecule has 3 rings (SSSR count). The van der Waals surface area contributed by atoms with Gasteiger partial charge in [0.25, 0.3) is 0 Å². The first-order valence-corrected chi connectivity index (χ1v) is 8.29. The maximum absolute atomic E-state index is 12.3. The Labute approximate surface area is 140 Å². The van der Waals surface area contributed by atoms with Gasteiger partial charge in [0.05, 0.1) is 12.4 Å². The molecule has 2 aromatic carbocycles. The second-order valence-electron chi connectivity index (χ2n) is 6.21. The summed E-state index contributed by atoms with van der Waals surface area (Å²) in [4.78, 5) is 24.6. The van der Waals surface area contributed by atoms with Gasteiger partial charge in [0.1, 0.15) is 32.2 Å². The molecule has 24 heavy (non-hydrogen) atoms. The van der Waals surface area contributed by atoms with Crippen molar-refractivity contribution in [2.45, 2.75) is 12.5 Å². The Morgan fingerprint density at radius 3 is 2.54 bits per heavy atom. The Balaban J connectivity index is 1.67. The average molecular weight is 328 g/mol. The quantitative estimate of drug-likeness (QED) is 0.579. The van der Waals surface area contributed by atoms with Gasteiger partial charge in [-0.05, 0) is 22.9 Å². The number of carbonyl (C=O) groups excluding carboxylic acids is 2. The molecule has 1 atom stereocenters. The molecular formula is C18H22N3O3+. The molecule has 1 amide bonds. The zero-order valence-electron chi connectivity index (χ0n) is 13.5. The summed E-state index contributed by atoms with van der Waals surface area (Å²) in [6.45, 7) is 3.24. The molecule has 0 unspecified atom stereocenters. The highest BCUT2D eigenvalue weighted by Crippen LogP contribution is 2.18. The topological polar surface area (TPSA) is 90.3 Å². The van der Waals surface area contributed by atoms with Gasteiger partial charge >= 0.3 is 0 Å². The van der Waals surface area contributed by atoms with Crippen molar-refractivity contribution in [2.24, 2.45) is 0 Å². The highest BCUT2D eigenvalue weighted by molar-refractivity contribution is 5.96. The number of piperazine rings is 1. The van der Waals surface area contributed by atoms with Gasteiger partial charge in [-0.1, -0.05) is 30.3 Å². The van der Waals surface area contributed by atoms with E-state index in [0.29, 0.717) is 5.69 Å². The lowest BCUT2D eigenvalue weighted by Gasteiger charge is -2.30. The van der Waals surface area contributed by atoms with Crippen LogP contribution in [0.2, 0.25) is 0 Å². The van der Waals surface area contributed by atoms with Crippen molar-refractivity contribution in [1.29, 1.82) is 0 Å². The van der Waals surface area contributed by atoms with Gasteiger partial charge in [0.2, 0.25) is 5.91 Å². The molecule has 1 aliphatic heterocycles. The molecule has 0 aromatic heterocycles.